The second kappa shape index (κ2) is 8.68. The Kier molecular flexibility index (Phi) is 5.85. The first-order chi connectivity index (χ1) is 13.7. The third kappa shape index (κ3) is 4.32. The number of amides is 1. The summed E-state index contributed by atoms with van der Waals surface area (Å²) in [5.74, 6) is 0.509. The summed E-state index contributed by atoms with van der Waals surface area (Å²) in [6, 6.07) is 13.0. The smallest absolute Gasteiger partial charge is 0.264 e. The molecule has 1 saturated heterocycles. The van der Waals surface area contributed by atoms with Gasteiger partial charge in [0.05, 0.1) is 28.6 Å². The van der Waals surface area contributed by atoms with Crippen LogP contribution in [0.25, 0.3) is 10.6 Å². The van der Waals surface area contributed by atoms with E-state index in [2.05, 4.69) is 9.97 Å². The predicted octanol–water partition coefficient (Wildman–Crippen LogP) is 3.78. The zero-order chi connectivity index (χ0) is 19.3. The summed E-state index contributed by atoms with van der Waals surface area (Å²) in [4.78, 5) is 24.7. The van der Waals surface area contributed by atoms with Crippen molar-refractivity contribution in [3.05, 3.63) is 64.9 Å². The topological polar surface area (TPSA) is 64.6 Å². The molecular formula is C20H18ClN3O3S. The fourth-order valence-corrected chi connectivity index (χ4v) is 4.05. The van der Waals surface area contributed by atoms with Gasteiger partial charge in [0, 0.05) is 18.9 Å². The van der Waals surface area contributed by atoms with Gasteiger partial charge in [-0.25, -0.2) is 4.98 Å². The summed E-state index contributed by atoms with van der Waals surface area (Å²) < 4.78 is 11.5. The van der Waals surface area contributed by atoms with Crippen molar-refractivity contribution in [3.8, 4) is 16.3 Å². The highest BCUT2D eigenvalue weighted by atomic mass is 35.5. The third-order valence-corrected chi connectivity index (χ3v) is 5.69. The fraction of sp³-hybridized carbons (Fsp3) is 0.250. The number of carbonyl (C=O) groups is 1. The van der Waals surface area contributed by atoms with Crippen molar-refractivity contribution in [2.75, 3.05) is 26.3 Å². The molecule has 0 spiro atoms. The average molecular weight is 416 g/mol. The Hall–Kier alpha value is -2.48. The van der Waals surface area contributed by atoms with Gasteiger partial charge in [0.2, 0.25) is 0 Å². The van der Waals surface area contributed by atoms with E-state index in [-0.39, 0.29) is 12.0 Å². The lowest BCUT2D eigenvalue weighted by Crippen LogP contribution is -2.47. The molecule has 8 heteroatoms. The molecule has 6 nitrogen and oxygen atoms in total. The molecule has 1 unspecified atom stereocenters. The maximum Gasteiger partial charge on any atom is 0.264 e. The van der Waals surface area contributed by atoms with Crippen molar-refractivity contribution in [2.24, 2.45) is 0 Å². The predicted molar refractivity (Wildman–Crippen MR) is 108 cm³/mol. The number of ether oxygens (including phenoxy) is 2. The first kappa shape index (κ1) is 18.9. The number of pyridine rings is 2. The van der Waals surface area contributed by atoms with Crippen molar-refractivity contribution in [3.63, 3.8) is 0 Å². The van der Waals surface area contributed by atoms with E-state index in [1.165, 1.54) is 11.3 Å². The highest BCUT2D eigenvalue weighted by Gasteiger charge is 2.26. The largest absolute Gasteiger partial charge is 0.488 e. The van der Waals surface area contributed by atoms with Crippen LogP contribution in [0.1, 0.15) is 9.67 Å². The van der Waals surface area contributed by atoms with Crippen LogP contribution in [0.15, 0.2) is 54.9 Å². The number of nitrogens with zero attached hydrogens (tertiary/aromatic N) is 3. The maximum absolute atomic E-state index is 12.9. The third-order valence-electron chi connectivity index (χ3n) is 4.31. The van der Waals surface area contributed by atoms with Gasteiger partial charge in [0.15, 0.2) is 10.9 Å². The molecule has 0 aliphatic carbocycles. The van der Waals surface area contributed by atoms with E-state index in [9.17, 15) is 4.79 Å². The Balaban J connectivity index is 1.38. The van der Waals surface area contributed by atoms with E-state index in [0.717, 1.165) is 10.6 Å². The number of morpholine rings is 1. The SMILES string of the molecule is O=C(c1ccc(-c2ccccn2)s1)N1CCOC(COc2cccnc2Cl)C1. The molecule has 1 fully saturated rings. The first-order valence-electron chi connectivity index (χ1n) is 8.86. The van der Waals surface area contributed by atoms with Gasteiger partial charge in [0.1, 0.15) is 12.7 Å². The Bertz CT molecular complexity index is 951. The first-order valence-corrected chi connectivity index (χ1v) is 10.1. The van der Waals surface area contributed by atoms with Crippen molar-refractivity contribution >= 4 is 28.8 Å². The Morgan fingerprint density at radius 3 is 2.93 bits per heavy atom. The van der Waals surface area contributed by atoms with Crippen LogP contribution in [-0.4, -0.2) is 53.2 Å². The highest BCUT2D eigenvalue weighted by molar-refractivity contribution is 7.17. The number of halogens is 1. The average Bonchev–Trinajstić information content (AvgIpc) is 3.24. The molecule has 28 heavy (non-hydrogen) atoms. The van der Waals surface area contributed by atoms with Crippen LogP contribution in [0.5, 0.6) is 5.75 Å². The number of hydrogen-bond acceptors (Lipinski definition) is 6. The van der Waals surface area contributed by atoms with Crippen LogP contribution in [0, 0.1) is 0 Å². The molecule has 4 rings (SSSR count). The molecule has 1 aliphatic rings. The second-order valence-electron chi connectivity index (χ2n) is 6.23. The van der Waals surface area contributed by atoms with Gasteiger partial charge < -0.3 is 14.4 Å². The summed E-state index contributed by atoms with van der Waals surface area (Å²) in [6.45, 7) is 1.80. The van der Waals surface area contributed by atoms with E-state index < -0.39 is 0 Å². The zero-order valence-corrected chi connectivity index (χ0v) is 16.5. The molecular weight excluding hydrogens is 398 g/mol. The number of hydrogen-bond donors (Lipinski definition) is 0. The second-order valence-corrected chi connectivity index (χ2v) is 7.67. The van der Waals surface area contributed by atoms with Gasteiger partial charge in [-0.1, -0.05) is 17.7 Å². The van der Waals surface area contributed by atoms with E-state index in [1.807, 2.05) is 30.3 Å². The number of rotatable bonds is 5. The fourth-order valence-electron chi connectivity index (χ4n) is 2.92. The Morgan fingerprint density at radius 1 is 1.21 bits per heavy atom. The molecule has 3 aromatic heterocycles. The number of thiophene rings is 1. The van der Waals surface area contributed by atoms with E-state index in [1.54, 1.807) is 29.4 Å². The van der Waals surface area contributed by atoms with Crippen LogP contribution in [-0.2, 0) is 4.74 Å². The molecule has 0 N–H and O–H groups in total. The standard InChI is InChI=1S/C20H18ClN3O3S/c21-19-16(5-3-9-23-19)27-13-14-12-24(10-11-26-14)20(25)18-7-6-17(28-18)15-4-1-2-8-22-15/h1-9,14H,10-13H2. The van der Waals surface area contributed by atoms with E-state index in [0.29, 0.717) is 42.1 Å². The molecule has 1 atom stereocenters. The molecule has 0 saturated carbocycles. The Labute approximate surface area is 171 Å². The van der Waals surface area contributed by atoms with Crippen molar-refractivity contribution in [2.45, 2.75) is 6.10 Å². The van der Waals surface area contributed by atoms with Gasteiger partial charge in [-0.3, -0.25) is 9.78 Å². The van der Waals surface area contributed by atoms with Gasteiger partial charge >= 0.3 is 0 Å². The monoisotopic (exact) mass is 415 g/mol. The van der Waals surface area contributed by atoms with Crippen LogP contribution < -0.4 is 4.74 Å². The summed E-state index contributed by atoms with van der Waals surface area (Å²) in [5, 5.41) is 0.312. The zero-order valence-electron chi connectivity index (χ0n) is 15.0. The van der Waals surface area contributed by atoms with Crippen LogP contribution in [0.2, 0.25) is 5.15 Å². The normalized spacial score (nSPS) is 16.8. The lowest BCUT2D eigenvalue weighted by atomic mass is 10.2. The molecule has 144 valence electrons. The molecule has 1 aliphatic heterocycles. The molecule has 0 bridgehead atoms. The molecule has 3 aromatic rings. The van der Waals surface area contributed by atoms with Gasteiger partial charge in [-0.2, -0.15) is 0 Å². The van der Waals surface area contributed by atoms with Gasteiger partial charge in [-0.15, -0.1) is 11.3 Å². The van der Waals surface area contributed by atoms with Gasteiger partial charge in [0.25, 0.3) is 5.91 Å². The van der Waals surface area contributed by atoms with Crippen LogP contribution in [0.3, 0.4) is 0 Å². The summed E-state index contributed by atoms with van der Waals surface area (Å²) in [6.07, 6.45) is 3.13. The lowest BCUT2D eigenvalue weighted by molar-refractivity contribution is -0.0400. The van der Waals surface area contributed by atoms with Crippen LogP contribution >= 0.6 is 22.9 Å². The van der Waals surface area contributed by atoms with Crippen molar-refractivity contribution < 1.29 is 14.3 Å². The summed E-state index contributed by atoms with van der Waals surface area (Å²) in [5.41, 5.74) is 0.869. The molecule has 0 aromatic carbocycles. The van der Waals surface area contributed by atoms with Crippen molar-refractivity contribution in [1.29, 1.82) is 0 Å². The minimum atomic E-state index is -0.218. The minimum Gasteiger partial charge on any atom is -0.488 e. The summed E-state index contributed by atoms with van der Waals surface area (Å²) >= 11 is 7.46. The van der Waals surface area contributed by atoms with E-state index >= 15 is 0 Å². The lowest BCUT2D eigenvalue weighted by Gasteiger charge is -2.32. The van der Waals surface area contributed by atoms with Crippen LogP contribution in [0.4, 0.5) is 0 Å². The molecule has 4 heterocycles. The quantitative estimate of drug-likeness (QED) is 0.593. The van der Waals surface area contributed by atoms with Gasteiger partial charge in [-0.05, 0) is 36.4 Å². The number of aromatic nitrogens is 2. The molecule has 1 amide bonds. The summed E-state index contributed by atoms with van der Waals surface area (Å²) in [7, 11) is 0. The molecule has 0 radical (unpaired) electrons. The number of carbonyl (C=O) groups excluding carboxylic acids is 1. The maximum atomic E-state index is 12.9. The highest BCUT2D eigenvalue weighted by Crippen LogP contribution is 2.28. The minimum absolute atomic E-state index is 0.000101. The van der Waals surface area contributed by atoms with E-state index in [4.69, 9.17) is 21.1 Å². The Morgan fingerprint density at radius 2 is 2.11 bits per heavy atom. The van der Waals surface area contributed by atoms with Crippen molar-refractivity contribution in [1.82, 2.24) is 14.9 Å².